The number of nitrogens with two attached hydrogens (primary N) is 1. The summed E-state index contributed by atoms with van der Waals surface area (Å²) in [5.41, 5.74) is 10.4. The second-order valence-electron chi connectivity index (χ2n) is 6.32. The van der Waals surface area contributed by atoms with Crippen molar-refractivity contribution >= 4 is 0 Å². The second kappa shape index (κ2) is 5.41. The van der Waals surface area contributed by atoms with Gasteiger partial charge in [-0.2, -0.15) is 0 Å². The molecule has 108 valence electrons. The average Bonchev–Trinajstić information content (AvgIpc) is 2.70. The van der Waals surface area contributed by atoms with Crippen LogP contribution in [0.25, 0.3) is 11.3 Å². The molecule has 0 aliphatic heterocycles. The minimum Gasteiger partial charge on any atom is -0.445 e. The minimum atomic E-state index is 0.120. The summed E-state index contributed by atoms with van der Waals surface area (Å²) in [5, 5.41) is 0. The first-order valence-corrected chi connectivity index (χ1v) is 7.11. The van der Waals surface area contributed by atoms with Crippen LogP contribution in [0.15, 0.2) is 22.6 Å². The lowest BCUT2D eigenvalue weighted by atomic mass is 9.84. The Balaban J connectivity index is 2.57. The zero-order valence-electron chi connectivity index (χ0n) is 13.1. The van der Waals surface area contributed by atoms with Crippen LogP contribution < -0.4 is 5.73 Å². The summed E-state index contributed by atoms with van der Waals surface area (Å²) < 4.78 is 5.70. The van der Waals surface area contributed by atoms with Gasteiger partial charge in [0.2, 0.25) is 0 Å². The van der Waals surface area contributed by atoms with E-state index in [1.54, 1.807) is 0 Å². The normalized spacial score (nSPS) is 11.9. The summed E-state index contributed by atoms with van der Waals surface area (Å²) in [7, 11) is 0. The molecule has 0 unspecified atom stereocenters. The van der Waals surface area contributed by atoms with Gasteiger partial charge in [0.05, 0.1) is 0 Å². The number of hydrogen-bond donors (Lipinski definition) is 1. The number of hydrogen-bond acceptors (Lipinski definition) is 3. The van der Waals surface area contributed by atoms with E-state index in [1.165, 1.54) is 11.1 Å². The highest BCUT2D eigenvalue weighted by molar-refractivity contribution is 5.66. The lowest BCUT2D eigenvalue weighted by Crippen LogP contribution is -2.11. The number of nitrogens with zero attached hydrogens (tertiary/aromatic N) is 1. The fourth-order valence-corrected chi connectivity index (χ4v) is 2.32. The van der Waals surface area contributed by atoms with Crippen molar-refractivity contribution in [1.82, 2.24) is 4.98 Å². The maximum absolute atomic E-state index is 5.70. The topological polar surface area (TPSA) is 52.0 Å². The molecule has 2 N–H and O–H groups in total. The predicted molar refractivity (Wildman–Crippen MR) is 82.9 cm³/mol. The average molecular weight is 272 g/mol. The first-order chi connectivity index (χ1) is 9.32. The van der Waals surface area contributed by atoms with Crippen LogP contribution in [0.4, 0.5) is 0 Å². The van der Waals surface area contributed by atoms with Gasteiger partial charge in [-0.1, -0.05) is 32.9 Å². The van der Waals surface area contributed by atoms with Crippen molar-refractivity contribution in [3.05, 3.63) is 41.0 Å². The van der Waals surface area contributed by atoms with E-state index in [-0.39, 0.29) is 5.41 Å². The quantitative estimate of drug-likeness (QED) is 0.925. The second-order valence-corrected chi connectivity index (χ2v) is 6.32. The molecule has 0 saturated heterocycles. The Morgan fingerprint density at radius 1 is 1.20 bits per heavy atom. The summed E-state index contributed by atoms with van der Waals surface area (Å²) in [4.78, 5) is 4.56. The standard InChI is InChI=1S/C17H24N2O/c1-11-6-7-13(17(3,4)5)10-14(11)16-15(8-9-18)20-12(2)19-16/h6-7,10H,8-9,18H2,1-5H3. The summed E-state index contributed by atoms with van der Waals surface area (Å²) in [5.74, 6) is 1.59. The fourth-order valence-electron chi connectivity index (χ4n) is 2.32. The first kappa shape index (κ1) is 14.8. The van der Waals surface area contributed by atoms with Gasteiger partial charge in [0, 0.05) is 18.9 Å². The van der Waals surface area contributed by atoms with Crippen LogP contribution in [-0.4, -0.2) is 11.5 Å². The van der Waals surface area contributed by atoms with Crippen molar-refractivity contribution in [2.75, 3.05) is 6.54 Å². The molecule has 0 amide bonds. The zero-order valence-corrected chi connectivity index (χ0v) is 13.1. The molecule has 3 nitrogen and oxygen atoms in total. The summed E-state index contributed by atoms with van der Waals surface area (Å²) in [6.45, 7) is 11.2. The Morgan fingerprint density at radius 3 is 2.50 bits per heavy atom. The van der Waals surface area contributed by atoms with E-state index >= 15 is 0 Å². The Hall–Kier alpha value is -1.61. The smallest absolute Gasteiger partial charge is 0.191 e. The van der Waals surface area contributed by atoms with E-state index in [1.807, 2.05) is 6.92 Å². The van der Waals surface area contributed by atoms with Gasteiger partial charge in [0.15, 0.2) is 5.89 Å². The van der Waals surface area contributed by atoms with Gasteiger partial charge in [0.1, 0.15) is 11.5 Å². The number of benzene rings is 1. The molecule has 0 fully saturated rings. The molecule has 1 aromatic heterocycles. The van der Waals surface area contributed by atoms with E-state index in [0.717, 1.165) is 23.4 Å². The molecule has 0 spiro atoms. The maximum Gasteiger partial charge on any atom is 0.191 e. The van der Waals surface area contributed by atoms with Crippen LogP contribution in [0.5, 0.6) is 0 Å². The molecular weight excluding hydrogens is 248 g/mol. The number of aromatic nitrogens is 1. The SMILES string of the molecule is Cc1nc(-c2cc(C(C)(C)C)ccc2C)c(CCN)o1. The molecule has 1 heterocycles. The Morgan fingerprint density at radius 2 is 1.90 bits per heavy atom. The first-order valence-electron chi connectivity index (χ1n) is 7.11. The van der Waals surface area contributed by atoms with Crippen molar-refractivity contribution in [3.8, 4) is 11.3 Å². The van der Waals surface area contributed by atoms with E-state index in [2.05, 4.69) is 50.9 Å². The molecule has 0 radical (unpaired) electrons. The molecule has 0 aliphatic rings. The van der Waals surface area contributed by atoms with Crippen molar-refractivity contribution in [1.29, 1.82) is 0 Å². The van der Waals surface area contributed by atoms with Gasteiger partial charge in [-0.05, 0) is 36.1 Å². The van der Waals surface area contributed by atoms with Crippen molar-refractivity contribution < 1.29 is 4.42 Å². The monoisotopic (exact) mass is 272 g/mol. The molecule has 0 saturated carbocycles. The number of aryl methyl sites for hydroxylation is 2. The fraction of sp³-hybridized carbons (Fsp3) is 0.471. The highest BCUT2D eigenvalue weighted by Crippen LogP contribution is 2.32. The third-order valence-corrected chi connectivity index (χ3v) is 3.53. The molecule has 0 bridgehead atoms. The Bertz CT molecular complexity index is 606. The van der Waals surface area contributed by atoms with Crippen molar-refractivity contribution in [2.45, 2.75) is 46.5 Å². The molecule has 0 aliphatic carbocycles. The van der Waals surface area contributed by atoms with Gasteiger partial charge >= 0.3 is 0 Å². The molecule has 3 heteroatoms. The lowest BCUT2D eigenvalue weighted by Gasteiger charge is -2.20. The van der Waals surface area contributed by atoms with Crippen LogP contribution in [0.1, 0.15) is 43.5 Å². The van der Waals surface area contributed by atoms with Crippen LogP contribution in [-0.2, 0) is 11.8 Å². The highest BCUT2D eigenvalue weighted by Gasteiger charge is 2.19. The van der Waals surface area contributed by atoms with Crippen molar-refractivity contribution in [2.24, 2.45) is 5.73 Å². The van der Waals surface area contributed by atoms with Gasteiger partial charge in [-0.3, -0.25) is 0 Å². The number of rotatable bonds is 3. The van der Waals surface area contributed by atoms with Crippen molar-refractivity contribution in [3.63, 3.8) is 0 Å². The molecule has 0 atom stereocenters. The summed E-state index contributed by atoms with van der Waals surface area (Å²) >= 11 is 0. The highest BCUT2D eigenvalue weighted by atomic mass is 16.4. The van der Waals surface area contributed by atoms with Gasteiger partial charge in [0.25, 0.3) is 0 Å². The third-order valence-electron chi connectivity index (χ3n) is 3.53. The van der Waals surface area contributed by atoms with Crippen LogP contribution in [0.2, 0.25) is 0 Å². The van der Waals surface area contributed by atoms with Gasteiger partial charge < -0.3 is 10.2 Å². The van der Waals surface area contributed by atoms with Crippen LogP contribution in [0.3, 0.4) is 0 Å². The molecule has 2 aromatic rings. The molecule has 1 aromatic carbocycles. The van der Waals surface area contributed by atoms with Crippen LogP contribution >= 0.6 is 0 Å². The summed E-state index contributed by atoms with van der Waals surface area (Å²) in [6.07, 6.45) is 0.718. The predicted octanol–water partition coefficient (Wildman–Crippen LogP) is 3.76. The van der Waals surface area contributed by atoms with E-state index in [0.29, 0.717) is 12.4 Å². The van der Waals surface area contributed by atoms with Crippen LogP contribution in [0, 0.1) is 13.8 Å². The van der Waals surface area contributed by atoms with E-state index in [9.17, 15) is 0 Å². The maximum atomic E-state index is 5.70. The number of oxazole rings is 1. The molecule has 20 heavy (non-hydrogen) atoms. The molecular formula is C17H24N2O. The largest absolute Gasteiger partial charge is 0.445 e. The van der Waals surface area contributed by atoms with Gasteiger partial charge in [-0.15, -0.1) is 0 Å². The Kier molecular flexibility index (Phi) is 4.00. The minimum absolute atomic E-state index is 0.120. The van der Waals surface area contributed by atoms with E-state index < -0.39 is 0 Å². The summed E-state index contributed by atoms with van der Waals surface area (Å²) in [6, 6.07) is 6.58. The van der Waals surface area contributed by atoms with E-state index in [4.69, 9.17) is 10.2 Å². The molecule has 2 rings (SSSR count). The van der Waals surface area contributed by atoms with Gasteiger partial charge in [-0.25, -0.2) is 4.98 Å². The zero-order chi connectivity index (χ0) is 14.9. The third kappa shape index (κ3) is 2.93. The Labute approximate surface area is 121 Å². The lowest BCUT2D eigenvalue weighted by molar-refractivity contribution is 0.476.